The van der Waals surface area contributed by atoms with Crippen LogP contribution < -0.4 is 0 Å². The first-order valence-electron chi connectivity index (χ1n) is 10.2. The molecule has 1 amide bonds. The van der Waals surface area contributed by atoms with Gasteiger partial charge in [0.15, 0.2) is 0 Å². The van der Waals surface area contributed by atoms with E-state index < -0.39 is 10.0 Å². The zero-order valence-corrected chi connectivity index (χ0v) is 18.2. The van der Waals surface area contributed by atoms with E-state index in [0.717, 1.165) is 18.4 Å². The van der Waals surface area contributed by atoms with Gasteiger partial charge in [0.25, 0.3) is 5.91 Å². The van der Waals surface area contributed by atoms with Crippen LogP contribution in [0.4, 0.5) is 0 Å². The highest BCUT2D eigenvalue weighted by atomic mass is 32.2. The van der Waals surface area contributed by atoms with Gasteiger partial charge in [-0.05, 0) is 62.4 Å². The third-order valence-electron chi connectivity index (χ3n) is 5.56. The summed E-state index contributed by atoms with van der Waals surface area (Å²) < 4.78 is 27.3. The predicted molar refractivity (Wildman–Crippen MR) is 115 cm³/mol. The van der Waals surface area contributed by atoms with Gasteiger partial charge in [-0.2, -0.15) is 4.31 Å². The smallest absolute Gasteiger partial charge is 0.254 e. The molecule has 0 aromatic heterocycles. The third-order valence-corrected chi connectivity index (χ3v) is 7.47. The van der Waals surface area contributed by atoms with Crippen LogP contribution in [-0.4, -0.2) is 42.7 Å². The summed E-state index contributed by atoms with van der Waals surface area (Å²) in [6.45, 7) is 7.75. The lowest BCUT2D eigenvalue weighted by Gasteiger charge is -2.29. The largest absolute Gasteiger partial charge is 0.332 e. The van der Waals surface area contributed by atoms with Crippen LogP contribution in [0.5, 0.6) is 0 Å². The zero-order valence-electron chi connectivity index (χ0n) is 17.4. The Morgan fingerprint density at radius 2 is 1.62 bits per heavy atom. The summed E-state index contributed by atoms with van der Waals surface area (Å²) in [5.74, 6) is 0.465. The van der Waals surface area contributed by atoms with Crippen LogP contribution in [-0.2, 0) is 16.6 Å². The van der Waals surface area contributed by atoms with Crippen LogP contribution >= 0.6 is 0 Å². The zero-order chi connectivity index (χ0) is 21.0. The summed E-state index contributed by atoms with van der Waals surface area (Å²) in [6, 6.07) is 16.3. The van der Waals surface area contributed by atoms with Crippen molar-refractivity contribution in [2.24, 2.45) is 5.92 Å². The second-order valence-electron chi connectivity index (χ2n) is 8.12. The fraction of sp³-hybridized carbons (Fsp3) is 0.435. The molecule has 0 unspecified atom stereocenters. The maximum Gasteiger partial charge on any atom is 0.254 e. The lowest BCUT2D eigenvalue weighted by Crippen LogP contribution is -2.38. The van der Waals surface area contributed by atoms with Crippen molar-refractivity contribution in [1.82, 2.24) is 9.21 Å². The number of benzene rings is 2. The van der Waals surface area contributed by atoms with Gasteiger partial charge in [0.05, 0.1) is 4.90 Å². The van der Waals surface area contributed by atoms with Crippen LogP contribution in [0, 0.1) is 5.92 Å². The fourth-order valence-corrected chi connectivity index (χ4v) is 5.05. The molecule has 1 heterocycles. The molecule has 3 rings (SSSR count). The van der Waals surface area contributed by atoms with Gasteiger partial charge in [0.1, 0.15) is 0 Å². The highest BCUT2D eigenvalue weighted by molar-refractivity contribution is 7.89. The molecule has 0 atom stereocenters. The molecule has 5 nitrogen and oxygen atoms in total. The lowest BCUT2D eigenvalue weighted by atomic mass is 10.0. The Morgan fingerprint density at radius 1 is 1.03 bits per heavy atom. The molecule has 0 saturated carbocycles. The van der Waals surface area contributed by atoms with Crippen LogP contribution in [0.15, 0.2) is 59.5 Å². The summed E-state index contributed by atoms with van der Waals surface area (Å²) in [6.07, 6.45) is 1.78. The maximum atomic E-state index is 13.1. The van der Waals surface area contributed by atoms with Crippen molar-refractivity contribution >= 4 is 15.9 Å². The third kappa shape index (κ3) is 5.06. The van der Waals surface area contributed by atoms with Gasteiger partial charge in [-0.1, -0.05) is 37.3 Å². The fourth-order valence-electron chi connectivity index (χ4n) is 3.58. The molecular weight excluding hydrogens is 384 g/mol. The molecule has 0 aliphatic carbocycles. The first-order chi connectivity index (χ1) is 13.8. The standard InChI is InChI=1S/C23H30N2O3S/c1-18(2)25(17-20-7-5-4-6-8-20)23(26)21-9-11-22(12-10-21)29(27,28)24-15-13-19(3)14-16-24/h4-12,18-19H,13-17H2,1-3H3. The summed E-state index contributed by atoms with van der Waals surface area (Å²) in [5, 5.41) is 0. The van der Waals surface area contributed by atoms with Gasteiger partial charge in [0, 0.05) is 31.2 Å². The molecule has 0 radical (unpaired) electrons. The Labute approximate surface area is 174 Å². The van der Waals surface area contributed by atoms with Crippen molar-refractivity contribution in [2.75, 3.05) is 13.1 Å². The minimum absolute atomic E-state index is 0.0291. The number of sulfonamides is 1. The molecule has 1 fully saturated rings. The number of rotatable bonds is 6. The molecule has 1 aliphatic heterocycles. The van der Waals surface area contributed by atoms with Crippen molar-refractivity contribution in [2.45, 2.75) is 51.1 Å². The van der Waals surface area contributed by atoms with Crippen molar-refractivity contribution in [1.29, 1.82) is 0 Å². The molecular formula is C23H30N2O3S. The van der Waals surface area contributed by atoms with E-state index in [2.05, 4.69) is 6.92 Å². The van der Waals surface area contributed by atoms with Crippen LogP contribution in [0.3, 0.4) is 0 Å². The molecule has 0 bridgehead atoms. The average Bonchev–Trinajstić information content (AvgIpc) is 2.72. The summed E-state index contributed by atoms with van der Waals surface area (Å²) >= 11 is 0. The van der Waals surface area contributed by atoms with E-state index in [0.29, 0.717) is 31.1 Å². The first-order valence-corrected chi connectivity index (χ1v) is 11.7. The van der Waals surface area contributed by atoms with E-state index >= 15 is 0 Å². The molecule has 156 valence electrons. The number of hydrogen-bond acceptors (Lipinski definition) is 3. The topological polar surface area (TPSA) is 57.7 Å². The van der Waals surface area contributed by atoms with Gasteiger partial charge in [-0.25, -0.2) is 8.42 Å². The molecule has 1 saturated heterocycles. The van der Waals surface area contributed by atoms with Gasteiger partial charge in [-0.15, -0.1) is 0 Å². The van der Waals surface area contributed by atoms with Crippen molar-refractivity contribution in [3.8, 4) is 0 Å². The van der Waals surface area contributed by atoms with Crippen LogP contribution in [0.25, 0.3) is 0 Å². The molecule has 29 heavy (non-hydrogen) atoms. The second kappa shape index (κ2) is 9.09. The average molecular weight is 415 g/mol. The van der Waals surface area contributed by atoms with Crippen LogP contribution in [0.2, 0.25) is 0 Å². The summed E-state index contributed by atoms with van der Waals surface area (Å²) in [4.78, 5) is 15.1. The quantitative estimate of drug-likeness (QED) is 0.713. The predicted octanol–water partition coefficient (Wildman–Crippen LogP) is 4.16. The molecule has 1 aliphatic rings. The Balaban J connectivity index is 1.76. The molecule has 2 aromatic carbocycles. The van der Waals surface area contributed by atoms with E-state index in [9.17, 15) is 13.2 Å². The van der Waals surface area contributed by atoms with Crippen LogP contribution in [0.1, 0.15) is 49.5 Å². The number of piperidine rings is 1. The van der Waals surface area contributed by atoms with E-state index in [1.807, 2.05) is 44.2 Å². The maximum absolute atomic E-state index is 13.1. The summed E-state index contributed by atoms with van der Waals surface area (Å²) in [7, 11) is -3.50. The Kier molecular flexibility index (Phi) is 6.75. The lowest BCUT2D eigenvalue weighted by molar-refractivity contribution is 0.0690. The van der Waals surface area contributed by atoms with Crippen molar-refractivity contribution in [3.63, 3.8) is 0 Å². The Morgan fingerprint density at radius 3 is 2.17 bits per heavy atom. The van der Waals surface area contributed by atoms with E-state index in [4.69, 9.17) is 0 Å². The minimum Gasteiger partial charge on any atom is -0.332 e. The normalized spacial score (nSPS) is 16.1. The highest BCUT2D eigenvalue weighted by Crippen LogP contribution is 2.24. The van der Waals surface area contributed by atoms with Crippen molar-refractivity contribution < 1.29 is 13.2 Å². The van der Waals surface area contributed by atoms with Gasteiger partial charge >= 0.3 is 0 Å². The van der Waals surface area contributed by atoms with E-state index in [1.54, 1.807) is 33.5 Å². The number of nitrogens with zero attached hydrogens (tertiary/aromatic N) is 2. The Bertz CT molecular complexity index is 916. The number of carbonyl (C=O) groups is 1. The number of hydrogen-bond donors (Lipinski definition) is 0. The first kappa shape index (κ1) is 21.5. The molecule has 2 aromatic rings. The number of carbonyl (C=O) groups excluding carboxylic acids is 1. The van der Waals surface area contributed by atoms with E-state index in [1.165, 1.54) is 0 Å². The second-order valence-corrected chi connectivity index (χ2v) is 10.1. The summed E-state index contributed by atoms with van der Waals surface area (Å²) in [5.41, 5.74) is 1.56. The van der Waals surface area contributed by atoms with Gasteiger partial charge in [0.2, 0.25) is 10.0 Å². The van der Waals surface area contributed by atoms with E-state index in [-0.39, 0.29) is 16.8 Å². The number of amides is 1. The van der Waals surface area contributed by atoms with Crippen molar-refractivity contribution in [3.05, 3.63) is 65.7 Å². The SMILES string of the molecule is CC1CCN(S(=O)(=O)c2ccc(C(=O)N(Cc3ccccc3)C(C)C)cc2)CC1. The van der Waals surface area contributed by atoms with Gasteiger partial charge in [-0.3, -0.25) is 4.79 Å². The Hall–Kier alpha value is -2.18. The molecule has 0 spiro atoms. The minimum atomic E-state index is -3.50. The highest BCUT2D eigenvalue weighted by Gasteiger charge is 2.28. The molecule has 0 N–H and O–H groups in total. The molecule has 6 heteroatoms. The monoisotopic (exact) mass is 414 g/mol. The van der Waals surface area contributed by atoms with Gasteiger partial charge < -0.3 is 4.90 Å².